The minimum absolute atomic E-state index is 0.0731. The Morgan fingerprint density at radius 1 is 1.25 bits per heavy atom. The lowest BCUT2D eigenvalue weighted by atomic mass is 10.1. The largest absolute Gasteiger partial charge is 0.506 e. The van der Waals surface area contributed by atoms with Crippen LogP contribution in [0, 0.1) is 6.92 Å². The maximum Gasteiger partial charge on any atom is 0.228 e. The van der Waals surface area contributed by atoms with Gasteiger partial charge in [-0.1, -0.05) is 18.2 Å². The number of ether oxygens (including phenoxy) is 1. The molecule has 0 aliphatic heterocycles. The molecular formula is C16H17NO3. The van der Waals surface area contributed by atoms with E-state index in [1.807, 2.05) is 37.3 Å². The molecule has 0 saturated heterocycles. The second-order valence-electron chi connectivity index (χ2n) is 4.60. The van der Waals surface area contributed by atoms with Gasteiger partial charge in [0.15, 0.2) is 0 Å². The van der Waals surface area contributed by atoms with Crippen molar-refractivity contribution in [1.29, 1.82) is 0 Å². The number of methoxy groups -OCH3 is 1. The van der Waals surface area contributed by atoms with Crippen LogP contribution in [-0.4, -0.2) is 18.1 Å². The number of hydrogen-bond acceptors (Lipinski definition) is 3. The minimum Gasteiger partial charge on any atom is -0.506 e. The van der Waals surface area contributed by atoms with Crippen molar-refractivity contribution in [3.05, 3.63) is 53.6 Å². The number of hydrogen-bond donors (Lipinski definition) is 2. The van der Waals surface area contributed by atoms with E-state index in [-0.39, 0.29) is 18.1 Å². The highest BCUT2D eigenvalue weighted by Gasteiger charge is 2.08. The van der Waals surface area contributed by atoms with Crippen LogP contribution in [0.5, 0.6) is 11.5 Å². The van der Waals surface area contributed by atoms with Gasteiger partial charge in [0.2, 0.25) is 5.91 Å². The number of aromatic hydroxyl groups is 1. The highest BCUT2D eigenvalue weighted by molar-refractivity contribution is 5.93. The van der Waals surface area contributed by atoms with Crippen molar-refractivity contribution in [3.63, 3.8) is 0 Å². The van der Waals surface area contributed by atoms with E-state index in [1.54, 1.807) is 19.2 Å². The summed E-state index contributed by atoms with van der Waals surface area (Å²) in [6, 6.07) is 12.5. The molecule has 4 nitrogen and oxygen atoms in total. The number of aryl methyl sites for hydroxylation is 1. The van der Waals surface area contributed by atoms with Crippen LogP contribution in [0.4, 0.5) is 5.69 Å². The van der Waals surface area contributed by atoms with Gasteiger partial charge in [0.25, 0.3) is 0 Å². The zero-order chi connectivity index (χ0) is 14.5. The maximum atomic E-state index is 12.0. The van der Waals surface area contributed by atoms with E-state index in [2.05, 4.69) is 5.32 Å². The normalized spacial score (nSPS) is 10.1. The average molecular weight is 271 g/mol. The van der Waals surface area contributed by atoms with Crippen LogP contribution < -0.4 is 10.1 Å². The lowest BCUT2D eigenvalue weighted by Crippen LogP contribution is -2.14. The number of rotatable bonds is 4. The molecule has 0 heterocycles. The number of phenolic OH excluding ortho intramolecular Hbond substituents is 1. The Bertz CT molecular complexity index is 623. The second kappa shape index (κ2) is 6.10. The first kappa shape index (κ1) is 13.9. The molecule has 2 N–H and O–H groups in total. The van der Waals surface area contributed by atoms with Gasteiger partial charge in [0.1, 0.15) is 11.5 Å². The standard InChI is InChI=1S/C16H17NO3/c1-11-6-7-14(15(18)8-11)17-16(19)10-12-4-3-5-13(9-12)20-2/h3-9,18H,10H2,1-2H3,(H,17,19). The van der Waals surface area contributed by atoms with E-state index in [1.165, 1.54) is 0 Å². The first-order chi connectivity index (χ1) is 9.58. The van der Waals surface area contributed by atoms with Crippen LogP contribution in [0.2, 0.25) is 0 Å². The summed E-state index contributed by atoms with van der Waals surface area (Å²) < 4.78 is 5.12. The zero-order valence-electron chi connectivity index (χ0n) is 11.5. The van der Waals surface area contributed by atoms with Gasteiger partial charge in [0.05, 0.1) is 19.2 Å². The fourth-order valence-corrected chi connectivity index (χ4v) is 1.91. The molecule has 2 rings (SSSR count). The molecule has 0 aromatic heterocycles. The first-order valence-electron chi connectivity index (χ1n) is 6.31. The summed E-state index contributed by atoms with van der Waals surface area (Å²) in [5, 5.41) is 12.4. The van der Waals surface area contributed by atoms with Crippen LogP contribution in [0.1, 0.15) is 11.1 Å². The summed E-state index contributed by atoms with van der Waals surface area (Å²) >= 11 is 0. The third-order valence-electron chi connectivity index (χ3n) is 2.93. The lowest BCUT2D eigenvalue weighted by molar-refractivity contribution is -0.115. The van der Waals surface area contributed by atoms with Crippen LogP contribution in [0.25, 0.3) is 0 Å². The highest BCUT2D eigenvalue weighted by Crippen LogP contribution is 2.24. The molecular weight excluding hydrogens is 254 g/mol. The van der Waals surface area contributed by atoms with Gasteiger partial charge in [-0.15, -0.1) is 0 Å². The number of carbonyl (C=O) groups is 1. The Morgan fingerprint density at radius 3 is 2.75 bits per heavy atom. The average Bonchev–Trinajstić information content (AvgIpc) is 2.42. The van der Waals surface area contributed by atoms with E-state index in [0.29, 0.717) is 11.4 Å². The molecule has 0 unspecified atom stereocenters. The van der Waals surface area contributed by atoms with Gasteiger partial charge in [0, 0.05) is 0 Å². The van der Waals surface area contributed by atoms with Crippen molar-refractivity contribution in [2.75, 3.05) is 12.4 Å². The molecule has 1 amide bonds. The van der Waals surface area contributed by atoms with Crippen LogP contribution >= 0.6 is 0 Å². The summed E-state index contributed by atoms with van der Waals surface area (Å²) in [6.45, 7) is 1.88. The Balaban J connectivity index is 2.05. The third-order valence-corrected chi connectivity index (χ3v) is 2.93. The van der Waals surface area contributed by atoms with Gasteiger partial charge < -0.3 is 15.2 Å². The van der Waals surface area contributed by atoms with Crippen LogP contribution in [0.15, 0.2) is 42.5 Å². The fourth-order valence-electron chi connectivity index (χ4n) is 1.91. The SMILES string of the molecule is COc1cccc(CC(=O)Nc2ccc(C)cc2O)c1. The van der Waals surface area contributed by atoms with Gasteiger partial charge in [-0.2, -0.15) is 0 Å². The summed E-state index contributed by atoms with van der Waals surface area (Å²) in [6.07, 6.45) is 0.227. The number of anilines is 1. The number of amides is 1. The first-order valence-corrected chi connectivity index (χ1v) is 6.31. The van der Waals surface area contributed by atoms with Gasteiger partial charge in [-0.25, -0.2) is 0 Å². The van der Waals surface area contributed by atoms with Crippen molar-refractivity contribution < 1.29 is 14.6 Å². The monoisotopic (exact) mass is 271 g/mol. The molecule has 0 radical (unpaired) electrons. The summed E-state index contributed by atoms with van der Waals surface area (Å²) in [7, 11) is 1.59. The smallest absolute Gasteiger partial charge is 0.228 e. The molecule has 2 aromatic rings. The molecule has 4 heteroatoms. The predicted octanol–water partition coefficient (Wildman–Crippen LogP) is 2.89. The molecule has 0 fully saturated rings. The van der Waals surface area contributed by atoms with E-state index < -0.39 is 0 Å². The third kappa shape index (κ3) is 3.51. The van der Waals surface area contributed by atoms with Crippen molar-refractivity contribution in [2.45, 2.75) is 13.3 Å². The Kier molecular flexibility index (Phi) is 4.25. The molecule has 0 atom stereocenters. The highest BCUT2D eigenvalue weighted by atomic mass is 16.5. The van der Waals surface area contributed by atoms with Crippen LogP contribution in [0.3, 0.4) is 0 Å². The maximum absolute atomic E-state index is 12.0. The summed E-state index contributed by atoms with van der Waals surface area (Å²) in [5.74, 6) is 0.606. The van der Waals surface area contributed by atoms with Crippen LogP contribution in [-0.2, 0) is 11.2 Å². The molecule has 0 spiro atoms. The molecule has 104 valence electrons. The van der Waals surface area contributed by atoms with Gasteiger partial charge in [-0.05, 0) is 42.3 Å². The van der Waals surface area contributed by atoms with Crippen molar-refractivity contribution >= 4 is 11.6 Å². The number of phenols is 1. The Morgan fingerprint density at radius 2 is 2.05 bits per heavy atom. The molecule has 0 aliphatic rings. The number of carbonyl (C=O) groups excluding carboxylic acids is 1. The number of benzene rings is 2. The molecule has 0 bridgehead atoms. The topological polar surface area (TPSA) is 58.6 Å². The van der Waals surface area contributed by atoms with Crippen molar-refractivity contribution in [3.8, 4) is 11.5 Å². The number of nitrogens with one attached hydrogen (secondary N) is 1. The van der Waals surface area contributed by atoms with E-state index in [4.69, 9.17) is 4.74 Å². The van der Waals surface area contributed by atoms with E-state index >= 15 is 0 Å². The lowest BCUT2D eigenvalue weighted by Gasteiger charge is -2.08. The van der Waals surface area contributed by atoms with E-state index in [9.17, 15) is 9.90 Å². The minimum atomic E-state index is -0.183. The predicted molar refractivity (Wildman–Crippen MR) is 78.2 cm³/mol. The van der Waals surface area contributed by atoms with Gasteiger partial charge in [-0.3, -0.25) is 4.79 Å². The Labute approximate surface area is 118 Å². The second-order valence-corrected chi connectivity index (χ2v) is 4.60. The summed E-state index contributed by atoms with van der Waals surface area (Å²) in [4.78, 5) is 12.0. The quantitative estimate of drug-likeness (QED) is 0.841. The molecule has 2 aromatic carbocycles. The molecule has 0 aliphatic carbocycles. The van der Waals surface area contributed by atoms with Crippen molar-refractivity contribution in [1.82, 2.24) is 0 Å². The molecule has 20 heavy (non-hydrogen) atoms. The van der Waals surface area contributed by atoms with E-state index in [0.717, 1.165) is 11.1 Å². The molecule has 0 saturated carbocycles. The Hall–Kier alpha value is -2.49. The zero-order valence-corrected chi connectivity index (χ0v) is 11.5. The fraction of sp³-hybridized carbons (Fsp3) is 0.188. The van der Waals surface area contributed by atoms with Crippen molar-refractivity contribution in [2.24, 2.45) is 0 Å². The van der Waals surface area contributed by atoms with Gasteiger partial charge >= 0.3 is 0 Å². The summed E-state index contributed by atoms with van der Waals surface area (Å²) in [5.41, 5.74) is 2.21.